The fourth-order valence-electron chi connectivity index (χ4n) is 1.87. The van der Waals surface area contributed by atoms with E-state index < -0.39 is 0 Å². The van der Waals surface area contributed by atoms with Crippen LogP contribution in [0.4, 0.5) is 0 Å². The molecule has 2 nitrogen and oxygen atoms in total. The molecule has 2 heteroatoms. The standard InChI is InChI=1S/C14H25NO/c1-7-11(10(2)3)8-12-9-13(15-16-12)14(4,5)6/h9-11H,7-8H2,1-6H3. The van der Waals surface area contributed by atoms with E-state index in [0.29, 0.717) is 11.8 Å². The van der Waals surface area contributed by atoms with E-state index in [1.54, 1.807) is 0 Å². The first-order chi connectivity index (χ1) is 7.34. The number of rotatable bonds is 4. The van der Waals surface area contributed by atoms with Gasteiger partial charge in [-0.3, -0.25) is 0 Å². The Morgan fingerprint density at radius 3 is 2.31 bits per heavy atom. The van der Waals surface area contributed by atoms with Crippen molar-refractivity contribution in [2.75, 3.05) is 0 Å². The van der Waals surface area contributed by atoms with Gasteiger partial charge in [0, 0.05) is 17.9 Å². The Bertz CT molecular complexity index is 320. The fraction of sp³-hybridized carbons (Fsp3) is 0.786. The van der Waals surface area contributed by atoms with Crippen molar-refractivity contribution < 1.29 is 4.52 Å². The summed E-state index contributed by atoms with van der Waals surface area (Å²) >= 11 is 0. The third-order valence-corrected chi connectivity index (χ3v) is 3.26. The second kappa shape index (κ2) is 5.03. The largest absolute Gasteiger partial charge is 0.361 e. The van der Waals surface area contributed by atoms with Gasteiger partial charge in [-0.15, -0.1) is 0 Å². The lowest BCUT2D eigenvalue weighted by atomic mass is 9.88. The summed E-state index contributed by atoms with van der Waals surface area (Å²) in [6, 6.07) is 2.12. The van der Waals surface area contributed by atoms with E-state index in [1.807, 2.05) is 0 Å². The zero-order valence-electron chi connectivity index (χ0n) is 11.5. The quantitative estimate of drug-likeness (QED) is 0.764. The minimum absolute atomic E-state index is 0.0846. The van der Waals surface area contributed by atoms with Crippen molar-refractivity contribution in [3.8, 4) is 0 Å². The van der Waals surface area contributed by atoms with Crippen LogP contribution >= 0.6 is 0 Å². The van der Waals surface area contributed by atoms with Crippen molar-refractivity contribution in [2.45, 2.75) is 59.8 Å². The van der Waals surface area contributed by atoms with Crippen LogP contribution in [0.1, 0.15) is 59.4 Å². The predicted octanol–water partition coefficient (Wildman–Crippen LogP) is 4.20. The van der Waals surface area contributed by atoms with Crippen molar-refractivity contribution in [1.82, 2.24) is 5.16 Å². The Balaban J connectivity index is 2.72. The highest BCUT2D eigenvalue weighted by atomic mass is 16.5. The van der Waals surface area contributed by atoms with Gasteiger partial charge in [-0.05, 0) is 11.8 Å². The van der Waals surface area contributed by atoms with Gasteiger partial charge in [0.05, 0.1) is 5.69 Å². The predicted molar refractivity (Wildman–Crippen MR) is 67.5 cm³/mol. The minimum atomic E-state index is 0.0846. The van der Waals surface area contributed by atoms with Gasteiger partial charge in [0.25, 0.3) is 0 Å². The summed E-state index contributed by atoms with van der Waals surface area (Å²) in [5, 5.41) is 4.16. The van der Waals surface area contributed by atoms with Crippen LogP contribution in [0.2, 0.25) is 0 Å². The van der Waals surface area contributed by atoms with Gasteiger partial charge in [0.15, 0.2) is 0 Å². The number of hydrogen-bond donors (Lipinski definition) is 0. The Morgan fingerprint density at radius 2 is 1.94 bits per heavy atom. The monoisotopic (exact) mass is 223 g/mol. The Morgan fingerprint density at radius 1 is 1.31 bits per heavy atom. The minimum Gasteiger partial charge on any atom is -0.361 e. The Hall–Kier alpha value is -0.790. The summed E-state index contributed by atoms with van der Waals surface area (Å²) in [7, 11) is 0. The highest BCUT2D eigenvalue weighted by Gasteiger charge is 2.20. The molecule has 0 aromatic carbocycles. The van der Waals surface area contributed by atoms with Gasteiger partial charge in [-0.2, -0.15) is 0 Å². The van der Waals surface area contributed by atoms with Crippen molar-refractivity contribution in [3.05, 3.63) is 17.5 Å². The van der Waals surface area contributed by atoms with Gasteiger partial charge in [0.1, 0.15) is 5.76 Å². The Labute approximate surface area is 99.4 Å². The molecule has 1 unspecified atom stereocenters. The molecule has 0 N–H and O–H groups in total. The summed E-state index contributed by atoms with van der Waals surface area (Å²) in [5.41, 5.74) is 1.14. The maximum atomic E-state index is 5.42. The van der Waals surface area contributed by atoms with Gasteiger partial charge >= 0.3 is 0 Å². The topological polar surface area (TPSA) is 26.0 Å². The van der Waals surface area contributed by atoms with E-state index in [2.05, 4.69) is 52.8 Å². The molecule has 0 radical (unpaired) electrons. The first-order valence-corrected chi connectivity index (χ1v) is 6.30. The van der Waals surface area contributed by atoms with Crippen molar-refractivity contribution in [1.29, 1.82) is 0 Å². The van der Waals surface area contributed by atoms with Crippen LogP contribution in [-0.4, -0.2) is 5.16 Å². The van der Waals surface area contributed by atoms with Crippen molar-refractivity contribution in [2.24, 2.45) is 11.8 Å². The smallest absolute Gasteiger partial charge is 0.137 e. The molecule has 1 atom stereocenters. The van der Waals surface area contributed by atoms with Gasteiger partial charge in [0.2, 0.25) is 0 Å². The maximum Gasteiger partial charge on any atom is 0.137 e. The molecule has 1 aromatic rings. The molecule has 0 aliphatic heterocycles. The van der Waals surface area contributed by atoms with E-state index in [9.17, 15) is 0 Å². The first kappa shape index (κ1) is 13.3. The van der Waals surface area contributed by atoms with Crippen LogP contribution in [0.5, 0.6) is 0 Å². The molecule has 0 bridgehead atoms. The molecule has 0 amide bonds. The molecule has 92 valence electrons. The van der Waals surface area contributed by atoms with Crippen LogP contribution in [0.15, 0.2) is 10.6 Å². The molecule has 1 rings (SSSR count). The van der Waals surface area contributed by atoms with E-state index in [-0.39, 0.29) is 5.41 Å². The molecule has 0 saturated heterocycles. The van der Waals surface area contributed by atoms with E-state index >= 15 is 0 Å². The highest BCUT2D eigenvalue weighted by molar-refractivity contribution is 5.14. The second-order valence-corrected chi connectivity index (χ2v) is 6.04. The molecular weight excluding hydrogens is 198 g/mol. The lowest BCUT2D eigenvalue weighted by Crippen LogP contribution is -2.11. The molecular formula is C14H25NO. The summed E-state index contributed by atoms with van der Waals surface area (Å²) in [6.07, 6.45) is 2.21. The molecule has 0 aliphatic rings. The fourth-order valence-corrected chi connectivity index (χ4v) is 1.87. The van der Waals surface area contributed by atoms with Crippen LogP contribution in [-0.2, 0) is 11.8 Å². The number of hydrogen-bond acceptors (Lipinski definition) is 2. The normalized spacial score (nSPS) is 14.4. The first-order valence-electron chi connectivity index (χ1n) is 6.30. The molecule has 0 spiro atoms. The van der Waals surface area contributed by atoms with Crippen LogP contribution in [0.3, 0.4) is 0 Å². The molecule has 16 heavy (non-hydrogen) atoms. The van der Waals surface area contributed by atoms with E-state index in [0.717, 1.165) is 17.9 Å². The number of aromatic nitrogens is 1. The molecule has 0 fully saturated rings. The summed E-state index contributed by atoms with van der Waals surface area (Å²) < 4.78 is 5.42. The van der Waals surface area contributed by atoms with Crippen molar-refractivity contribution in [3.63, 3.8) is 0 Å². The molecule has 1 aromatic heterocycles. The summed E-state index contributed by atoms with van der Waals surface area (Å²) in [6.45, 7) is 13.3. The molecule has 1 heterocycles. The zero-order valence-corrected chi connectivity index (χ0v) is 11.5. The lowest BCUT2D eigenvalue weighted by molar-refractivity contribution is 0.307. The molecule has 0 saturated carbocycles. The lowest BCUT2D eigenvalue weighted by Gasteiger charge is -2.16. The second-order valence-electron chi connectivity index (χ2n) is 6.04. The van der Waals surface area contributed by atoms with Gasteiger partial charge in [-0.25, -0.2) is 0 Å². The van der Waals surface area contributed by atoms with Crippen LogP contribution in [0, 0.1) is 11.8 Å². The van der Waals surface area contributed by atoms with Crippen LogP contribution < -0.4 is 0 Å². The third-order valence-electron chi connectivity index (χ3n) is 3.26. The van der Waals surface area contributed by atoms with E-state index in [4.69, 9.17) is 4.52 Å². The molecule has 0 aliphatic carbocycles. The highest BCUT2D eigenvalue weighted by Crippen LogP contribution is 2.25. The van der Waals surface area contributed by atoms with Crippen molar-refractivity contribution >= 4 is 0 Å². The summed E-state index contributed by atoms with van der Waals surface area (Å²) in [5.74, 6) is 2.43. The third kappa shape index (κ3) is 3.36. The van der Waals surface area contributed by atoms with Gasteiger partial charge in [-0.1, -0.05) is 53.1 Å². The zero-order chi connectivity index (χ0) is 12.3. The van der Waals surface area contributed by atoms with Gasteiger partial charge < -0.3 is 4.52 Å². The van der Waals surface area contributed by atoms with Crippen LogP contribution in [0.25, 0.3) is 0 Å². The SMILES string of the molecule is CCC(Cc1cc(C(C)(C)C)no1)C(C)C. The summed E-state index contributed by atoms with van der Waals surface area (Å²) in [4.78, 5) is 0. The average Bonchev–Trinajstić information content (AvgIpc) is 2.61. The Kier molecular flexibility index (Phi) is 4.17. The number of nitrogens with zero attached hydrogens (tertiary/aromatic N) is 1. The average molecular weight is 223 g/mol. The van der Waals surface area contributed by atoms with E-state index in [1.165, 1.54) is 6.42 Å². The maximum absolute atomic E-state index is 5.42.